The van der Waals surface area contributed by atoms with Crippen molar-refractivity contribution in [3.05, 3.63) is 59.7 Å². The van der Waals surface area contributed by atoms with Crippen LogP contribution in [0.4, 0.5) is 0 Å². The molecule has 0 radical (unpaired) electrons. The Morgan fingerprint density at radius 2 is 0.571 bits per heavy atom. The van der Waals surface area contributed by atoms with Gasteiger partial charge in [0.05, 0.1) is 9.79 Å². The first-order valence-electron chi connectivity index (χ1n) is 19.2. The third kappa shape index (κ3) is 27.2. The Bertz CT molecular complexity index is 1150. The summed E-state index contributed by atoms with van der Waals surface area (Å²) < 4.78 is 65.2. The molecule has 0 fully saturated rings. The molecule has 0 N–H and O–H groups in total. The first-order valence-corrected chi connectivity index (χ1v) is 22.0. The van der Waals surface area contributed by atoms with Gasteiger partial charge in [-0.2, -0.15) is 0 Å². The molecule has 0 unspecified atom stereocenters. The molecule has 2 aromatic rings. The van der Waals surface area contributed by atoms with Gasteiger partial charge in [-0.3, -0.25) is 0 Å². The number of aryl methyl sites for hydroxylation is 2. The second-order valence-corrected chi connectivity index (χ2v) is 16.2. The molecule has 6 nitrogen and oxygen atoms in total. The van der Waals surface area contributed by atoms with E-state index in [2.05, 4.69) is 13.8 Å². The fourth-order valence-corrected chi connectivity index (χ4v) is 6.92. The molecule has 0 aliphatic carbocycles. The summed E-state index contributed by atoms with van der Waals surface area (Å²) in [6.45, 7) is 4.51. The van der Waals surface area contributed by atoms with Crippen molar-refractivity contribution in [2.24, 2.45) is 0 Å². The van der Waals surface area contributed by atoms with Gasteiger partial charge in [0, 0.05) is 0 Å². The summed E-state index contributed by atoms with van der Waals surface area (Å²) in [7, 11) is -8.63. The minimum Gasteiger partial charge on any atom is -0.744 e. The van der Waals surface area contributed by atoms with Crippen LogP contribution in [0.15, 0.2) is 58.3 Å². The number of benzene rings is 2. The number of rotatable bonds is 28. The summed E-state index contributed by atoms with van der Waals surface area (Å²) in [6, 6.07) is 12.7. The van der Waals surface area contributed by atoms with Crippen molar-refractivity contribution >= 4 is 20.2 Å². The Morgan fingerprint density at radius 1 is 0.367 bits per heavy atom. The fraction of sp³-hybridized carbons (Fsp3) is 0.700. The molecule has 0 aromatic heterocycles. The van der Waals surface area contributed by atoms with Crippen LogP contribution in [0, 0.1) is 0 Å². The predicted molar refractivity (Wildman–Crippen MR) is 198 cm³/mol. The van der Waals surface area contributed by atoms with Crippen molar-refractivity contribution < 1.29 is 45.4 Å². The number of hydrogen-bond acceptors (Lipinski definition) is 6. The molecule has 0 atom stereocenters. The molecule has 0 spiro atoms. The van der Waals surface area contributed by atoms with Gasteiger partial charge in [0.1, 0.15) is 20.2 Å². The van der Waals surface area contributed by atoms with Crippen LogP contribution >= 0.6 is 0 Å². The molecule has 0 heterocycles. The van der Waals surface area contributed by atoms with E-state index in [1.165, 1.54) is 166 Å². The van der Waals surface area contributed by atoms with Crippen LogP contribution in [0.1, 0.15) is 179 Å². The SMILES string of the molecule is CCCCCCCCCCCCCCc1ccc(S(=O)(=O)[O-])cc1.CCCCCCCCCCCCCCc1ccc(S(=O)(=O)[O-])cc1.[Zn+2]. The van der Waals surface area contributed by atoms with Crippen molar-refractivity contribution in [2.75, 3.05) is 0 Å². The topological polar surface area (TPSA) is 114 Å². The second kappa shape index (κ2) is 30.5. The fourth-order valence-electron chi connectivity index (χ4n) is 5.99. The Labute approximate surface area is 314 Å². The molecule has 276 valence electrons. The third-order valence-electron chi connectivity index (χ3n) is 9.06. The van der Waals surface area contributed by atoms with Gasteiger partial charge in [-0.25, -0.2) is 16.8 Å². The van der Waals surface area contributed by atoms with Crippen LogP contribution in [0.25, 0.3) is 0 Å². The van der Waals surface area contributed by atoms with Crippen molar-refractivity contribution in [1.29, 1.82) is 0 Å². The van der Waals surface area contributed by atoms with Gasteiger partial charge in [-0.05, 0) is 61.1 Å². The summed E-state index contributed by atoms with van der Waals surface area (Å²) in [5.74, 6) is 0. The average Bonchev–Trinajstić information content (AvgIpc) is 3.06. The smallest absolute Gasteiger partial charge is 0.744 e. The zero-order valence-corrected chi connectivity index (χ0v) is 35.6. The van der Waals surface area contributed by atoms with Crippen molar-refractivity contribution in [2.45, 2.75) is 191 Å². The van der Waals surface area contributed by atoms with E-state index in [0.717, 1.165) is 36.8 Å². The van der Waals surface area contributed by atoms with Crippen LogP contribution in [0.5, 0.6) is 0 Å². The van der Waals surface area contributed by atoms with Gasteiger partial charge in [-0.1, -0.05) is 179 Å². The van der Waals surface area contributed by atoms with Crippen LogP contribution in [0.2, 0.25) is 0 Å². The summed E-state index contributed by atoms with van der Waals surface area (Å²) >= 11 is 0. The van der Waals surface area contributed by atoms with Gasteiger partial charge < -0.3 is 9.11 Å². The van der Waals surface area contributed by atoms with Crippen LogP contribution in [-0.2, 0) is 52.6 Å². The number of hydrogen-bond donors (Lipinski definition) is 0. The second-order valence-electron chi connectivity index (χ2n) is 13.5. The zero-order valence-electron chi connectivity index (χ0n) is 31.0. The maximum atomic E-state index is 10.9. The molecule has 0 amide bonds. The van der Waals surface area contributed by atoms with Crippen molar-refractivity contribution in [3.63, 3.8) is 0 Å². The molecule has 0 aliphatic heterocycles. The molecule has 0 saturated carbocycles. The Balaban J connectivity index is 0.000000922. The molecule has 2 rings (SSSR count). The van der Waals surface area contributed by atoms with E-state index in [9.17, 15) is 25.9 Å². The molecule has 9 heteroatoms. The minimum atomic E-state index is -4.32. The first kappa shape index (κ1) is 47.9. The van der Waals surface area contributed by atoms with Gasteiger partial charge >= 0.3 is 19.5 Å². The van der Waals surface area contributed by atoms with Crippen LogP contribution < -0.4 is 0 Å². The van der Waals surface area contributed by atoms with Gasteiger partial charge in [0.2, 0.25) is 0 Å². The Morgan fingerprint density at radius 3 is 0.776 bits per heavy atom. The molecular formula is C40H66O6S2Zn. The molecular weight excluding hydrogens is 706 g/mol. The maximum absolute atomic E-state index is 10.9. The summed E-state index contributed by atoms with van der Waals surface area (Å²) in [5.41, 5.74) is 2.21. The quantitative estimate of drug-likeness (QED) is 0.0483. The largest absolute Gasteiger partial charge is 2.00 e. The van der Waals surface area contributed by atoms with E-state index < -0.39 is 20.2 Å². The summed E-state index contributed by atoms with van der Waals surface area (Å²) in [5, 5.41) is 0. The van der Waals surface area contributed by atoms with E-state index in [4.69, 9.17) is 0 Å². The normalized spacial score (nSPS) is 11.5. The van der Waals surface area contributed by atoms with E-state index in [-0.39, 0.29) is 29.3 Å². The predicted octanol–water partition coefficient (Wildman–Crippen LogP) is 11.7. The average molecular weight is 772 g/mol. The van der Waals surface area contributed by atoms with E-state index >= 15 is 0 Å². The van der Waals surface area contributed by atoms with E-state index in [0.29, 0.717) is 0 Å². The van der Waals surface area contributed by atoms with Gasteiger partial charge in [-0.15, -0.1) is 0 Å². The molecule has 0 bridgehead atoms. The monoisotopic (exact) mass is 770 g/mol. The molecule has 0 aliphatic rings. The van der Waals surface area contributed by atoms with E-state index in [1.807, 2.05) is 0 Å². The van der Waals surface area contributed by atoms with Gasteiger partial charge in [0.15, 0.2) is 0 Å². The van der Waals surface area contributed by atoms with Crippen LogP contribution in [0.3, 0.4) is 0 Å². The zero-order chi connectivity index (χ0) is 35.4. The van der Waals surface area contributed by atoms with E-state index in [1.54, 1.807) is 24.3 Å². The standard InChI is InChI=1S/2C20H34O3S.Zn/c2*1-2-3-4-5-6-7-8-9-10-11-12-13-14-19-15-17-20(18-16-19)24(21,22)23;/h2*15-18H,2-14H2,1H3,(H,21,22,23);/q;;+2/p-2. The summed E-state index contributed by atoms with van der Waals surface area (Å²) in [6.07, 6.45) is 33.8. The first-order chi connectivity index (χ1) is 23.1. The van der Waals surface area contributed by atoms with Crippen LogP contribution in [-0.4, -0.2) is 25.9 Å². The third-order valence-corrected chi connectivity index (χ3v) is 10.8. The summed E-state index contributed by atoms with van der Waals surface area (Å²) in [4.78, 5) is -0.276. The minimum absolute atomic E-state index is 0. The molecule has 0 saturated heterocycles. The number of unbranched alkanes of at least 4 members (excludes halogenated alkanes) is 22. The Kier molecular flexibility index (Phi) is 29.8. The molecule has 2 aromatic carbocycles. The Hall–Kier alpha value is -1.12. The van der Waals surface area contributed by atoms with Crippen molar-refractivity contribution in [3.8, 4) is 0 Å². The van der Waals surface area contributed by atoms with Crippen molar-refractivity contribution in [1.82, 2.24) is 0 Å². The molecule has 49 heavy (non-hydrogen) atoms. The van der Waals surface area contributed by atoms with Gasteiger partial charge in [0.25, 0.3) is 0 Å². The maximum Gasteiger partial charge on any atom is 2.00 e.